The number of piperidine rings is 1. The highest BCUT2D eigenvalue weighted by molar-refractivity contribution is 7.90. The third kappa shape index (κ3) is 3.06. The highest BCUT2D eigenvalue weighted by Gasteiger charge is 2.34. The molecule has 0 radical (unpaired) electrons. The van der Waals surface area contributed by atoms with Crippen LogP contribution in [-0.2, 0) is 9.84 Å². The Labute approximate surface area is 72.3 Å². The Morgan fingerprint density at radius 1 is 1.42 bits per heavy atom. The molecule has 5 heteroatoms. The van der Waals surface area contributed by atoms with Gasteiger partial charge in [-0.15, -0.1) is 0 Å². The molecular formula is C7H14FNO2S. The molecular weight excluding hydrogens is 181 g/mol. The van der Waals surface area contributed by atoms with Crippen LogP contribution in [0.15, 0.2) is 0 Å². The molecule has 0 unspecified atom stereocenters. The van der Waals surface area contributed by atoms with E-state index < -0.39 is 15.5 Å². The van der Waals surface area contributed by atoms with Gasteiger partial charge in [0.2, 0.25) is 0 Å². The summed E-state index contributed by atoms with van der Waals surface area (Å²) in [6.45, 7) is 1.15. The lowest BCUT2D eigenvalue weighted by Gasteiger charge is -2.28. The van der Waals surface area contributed by atoms with Gasteiger partial charge in [-0.05, 0) is 25.9 Å². The van der Waals surface area contributed by atoms with Crippen LogP contribution >= 0.6 is 0 Å². The first-order chi connectivity index (χ1) is 5.41. The van der Waals surface area contributed by atoms with Crippen LogP contribution < -0.4 is 5.32 Å². The molecule has 1 heterocycles. The molecule has 0 amide bonds. The predicted molar refractivity (Wildman–Crippen MR) is 45.7 cm³/mol. The van der Waals surface area contributed by atoms with Crippen molar-refractivity contribution in [3.8, 4) is 0 Å². The SMILES string of the molecule is CS(=O)(=O)CC1(F)CCNCC1. The van der Waals surface area contributed by atoms with Crippen molar-refractivity contribution < 1.29 is 12.8 Å². The van der Waals surface area contributed by atoms with E-state index >= 15 is 0 Å². The van der Waals surface area contributed by atoms with Crippen molar-refractivity contribution in [3.05, 3.63) is 0 Å². The topological polar surface area (TPSA) is 46.2 Å². The van der Waals surface area contributed by atoms with E-state index in [0.29, 0.717) is 25.9 Å². The van der Waals surface area contributed by atoms with Crippen LogP contribution in [0.1, 0.15) is 12.8 Å². The van der Waals surface area contributed by atoms with Gasteiger partial charge in [-0.1, -0.05) is 0 Å². The Kier molecular flexibility index (Phi) is 2.73. The van der Waals surface area contributed by atoms with Crippen LogP contribution in [0.3, 0.4) is 0 Å². The van der Waals surface area contributed by atoms with Crippen molar-refractivity contribution in [3.63, 3.8) is 0 Å². The zero-order chi connectivity index (χ0) is 9.24. The van der Waals surface area contributed by atoms with E-state index in [9.17, 15) is 12.8 Å². The van der Waals surface area contributed by atoms with Gasteiger partial charge in [-0.2, -0.15) is 0 Å². The maximum atomic E-state index is 13.6. The molecule has 12 heavy (non-hydrogen) atoms. The first-order valence-corrected chi connectivity index (χ1v) is 6.05. The smallest absolute Gasteiger partial charge is 0.150 e. The monoisotopic (exact) mass is 195 g/mol. The van der Waals surface area contributed by atoms with Gasteiger partial charge in [0.25, 0.3) is 0 Å². The van der Waals surface area contributed by atoms with Crippen LogP contribution in [0.2, 0.25) is 0 Å². The molecule has 0 aromatic carbocycles. The third-order valence-corrected chi connectivity index (χ3v) is 3.06. The Bertz CT molecular complexity index is 244. The lowest BCUT2D eigenvalue weighted by atomic mass is 9.97. The molecule has 1 aliphatic heterocycles. The van der Waals surface area contributed by atoms with E-state index in [0.717, 1.165) is 6.26 Å². The maximum absolute atomic E-state index is 13.6. The fourth-order valence-electron chi connectivity index (χ4n) is 1.49. The predicted octanol–water partition coefficient (Wildman–Crippen LogP) is 0.123. The molecule has 1 N–H and O–H groups in total. The van der Waals surface area contributed by atoms with E-state index in [1.807, 2.05) is 0 Å². The Balaban J connectivity index is 2.59. The lowest BCUT2D eigenvalue weighted by molar-refractivity contribution is 0.142. The molecule has 72 valence electrons. The number of alkyl halides is 1. The lowest BCUT2D eigenvalue weighted by Crippen LogP contribution is -2.43. The molecule has 0 saturated carbocycles. The summed E-state index contributed by atoms with van der Waals surface area (Å²) in [5.74, 6) is -0.332. The summed E-state index contributed by atoms with van der Waals surface area (Å²) in [6.07, 6.45) is 1.69. The molecule has 1 rings (SSSR count). The Morgan fingerprint density at radius 2 is 1.92 bits per heavy atom. The van der Waals surface area contributed by atoms with Gasteiger partial charge in [0.15, 0.2) is 9.84 Å². The first-order valence-electron chi connectivity index (χ1n) is 3.99. The van der Waals surface area contributed by atoms with Gasteiger partial charge in [0.05, 0.1) is 5.75 Å². The van der Waals surface area contributed by atoms with Crippen molar-refractivity contribution in [1.82, 2.24) is 5.32 Å². The minimum absolute atomic E-state index is 0.306. The molecule has 0 aromatic heterocycles. The van der Waals surface area contributed by atoms with Gasteiger partial charge in [0.1, 0.15) is 5.67 Å². The average molecular weight is 195 g/mol. The van der Waals surface area contributed by atoms with Crippen LogP contribution in [0.25, 0.3) is 0 Å². The van der Waals surface area contributed by atoms with Gasteiger partial charge >= 0.3 is 0 Å². The van der Waals surface area contributed by atoms with Crippen molar-refractivity contribution in [2.24, 2.45) is 0 Å². The second-order valence-corrected chi connectivity index (χ2v) is 5.61. The number of nitrogens with one attached hydrogen (secondary N) is 1. The number of hydrogen-bond donors (Lipinski definition) is 1. The summed E-state index contributed by atoms with van der Waals surface area (Å²) < 4.78 is 35.3. The van der Waals surface area contributed by atoms with Crippen LogP contribution in [0, 0.1) is 0 Å². The van der Waals surface area contributed by atoms with Gasteiger partial charge in [-0.3, -0.25) is 0 Å². The molecule has 0 spiro atoms. The fraction of sp³-hybridized carbons (Fsp3) is 1.00. The first kappa shape index (κ1) is 9.92. The molecule has 3 nitrogen and oxygen atoms in total. The van der Waals surface area contributed by atoms with Crippen LogP contribution in [-0.4, -0.2) is 39.2 Å². The van der Waals surface area contributed by atoms with E-state index in [1.165, 1.54) is 0 Å². The second kappa shape index (κ2) is 3.30. The minimum atomic E-state index is -3.18. The standard InChI is InChI=1S/C7H14FNO2S/c1-12(10,11)6-7(8)2-4-9-5-3-7/h9H,2-6H2,1H3. The maximum Gasteiger partial charge on any atom is 0.150 e. The highest BCUT2D eigenvalue weighted by atomic mass is 32.2. The molecule has 1 saturated heterocycles. The summed E-state index contributed by atoms with van der Waals surface area (Å²) in [5.41, 5.74) is -1.49. The number of sulfone groups is 1. The van der Waals surface area contributed by atoms with E-state index in [4.69, 9.17) is 0 Å². The Morgan fingerprint density at radius 3 is 2.33 bits per heavy atom. The summed E-state index contributed by atoms with van der Waals surface area (Å²) in [5, 5.41) is 2.99. The Hall–Kier alpha value is -0.160. The summed E-state index contributed by atoms with van der Waals surface area (Å²) in [7, 11) is -3.18. The number of halogens is 1. The normalized spacial score (nSPS) is 23.8. The largest absolute Gasteiger partial charge is 0.316 e. The fourth-order valence-corrected chi connectivity index (χ4v) is 2.72. The molecule has 0 atom stereocenters. The minimum Gasteiger partial charge on any atom is -0.316 e. The van der Waals surface area contributed by atoms with Crippen molar-refractivity contribution in [1.29, 1.82) is 0 Å². The van der Waals surface area contributed by atoms with Gasteiger partial charge < -0.3 is 5.32 Å². The van der Waals surface area contributed by atoms with Crippen LogP contribution in [0.4, 0.5) is 4.39 Å². The molecule has 1 fully saturated rings. The van der Waals surface area contributed by atoms with E-state index in [2.05, 4.69) is 5.32 Å². The van der Waals surface area contributed by atoms with Crippen molar-refractivity contribution in [2.75, 3.05) is 25.1 Å². The molecule has 0 aromatic rings. The van der Waals surface area contributed by atoms with Crippen LogP contribution in [0.5, 0.6) is 0 Å². The van der Waals surface area contributed by atoms with Gasteiger partial charge in [0, 0.05) is 6.26 Å². The zero-order valence-electron chi connectivity index (χ0n) is 7.14. The highest BCUT2D eigenvalue weighted by Crippen LogP contribution is 2.24. The summed E-state index contributed by atoms with van der Waals surface area (Å²) in [6, 6.07) is 0. The van der Waals surface area contributed by atoms with E-state index in [-0.39, 0.29) is 5.75 Å². The van der Waals surface area contributed by atoms with Crippen molar-refractivity contribution >= 4 is 9.84 Å². The average Bonchev–Trinajstić information content (AvgIpc) is 1.83. The zero-order valence-corrected chi connectivity index (χ0v) is 7.95. The number of hydrogen-bond acceptors (Lipinski definition) is 3. The summed E-state index contributed by atoms with van der Waals surface area (Å²) in [4.78, 5) is 0. The second-order valence-electron chi connectivity index (χ2n) is 3.47. The molecule has 1 aliphatic rings. The van der Waals surface area contributed by atoms with E-state index in [1.54, 1.807) is 0 Å². The summed E-state index contributed by atoms with van der Waals surface area (Å²) >= 11 is 0. The number of rotatable bonds is 2. The van der Waals surface area contributed by atoms with Gasteiger partial charge in [-0.25, -0.2) is 12.8 Å². The quantitative estimate of drug-likeness (QED) is 0.681. The van der Waals surface area contributed by atoms with Crippen molar-refractivity contribution in [2.45, 2.75) is 18.5 Å². The molecule has 0 bridgehead atoms. The third-order valence-electron chi connectivity index (χ3n) is 2.02. The molecule has 0 aliphatic carbocycles.